The molecule has 0 spiro atoms. The van der Waals surface area contributed by atoms with E-state index in [0.29, 0.717) is 54.3 Å². The molecule has 3 aromatic rings. The zero-order valence-electron chi connectivity index (χ0n) is 26.6. The van der Waals surface area contributed by atoms with Gasteiger partial charge in [0.25, 0.3) is 17.9 Å². The van der Waals surface area contributed by atoms with Gasteiger partial charge in [0.05, 0.1) is 19.6 Å². The van der Waals surface area contributed by atoms with E-state index in [-0.39, 0.29) is 35.8 Å². The van der Waals surface area contributed by atoms with Crippen molar-refractivity contribution >= 4 is 87.6 Å². The van der Waals surface area contributed by atoms with Crippen molar-refractivity contribution in [1.82, 2.24) is 4.90 Å². The van der Waals surface area contributed by atoms with Crippen LogP contribution in [-0.4, -0.2) is 79.9 Å². The maximum absolute atomic E-state index is 6.05. The molecular formula is C30H42Cl3N16+3. The van der Waals surface area contributed by atoms with Crippen molar-refractivity contribution in [2.45, 2.75) is 0 Å². The molecule has 260 valence electrons. The molecule has 19 heteroatoms. The molecule has 0 bridgehead atoms. The van der Waals surface area contributed by atoms with Gasteiger partial charge in [-0.25, -0.2) is 0 Å². The molecular weight excluding hydrogens is 691 g/mol. The van der Waals surface area contributed by atoms with E-state index in [1.54, 1.807) is 72.8 Å². The first kappa shape index (κ1) is 38.2. The van der Waals surface area contributed by atoms with Crippen LogP contribution in [0.1, 0.15) is 0 Å². The number of rotatable bonds is 12. The zero-order valence-corrected chi connectivity index (χ0v) is 28.8. The van der Waals surface area contributed by atoms with E-state index in [9.17, 15) is 0 Å². The van der Waals surface area contributed by atoms with Crippen LogP contribution >= 0.6 is 34.8 Å². The molecule has 0 aliphatic carbocycles. The fourth-order valence-corrected chi connectivity index (χ4v) is 4.37. The third-order valence-electron chi connectivity index (χ3n) is 6.28. The molecule has 0 saturated heterocycles. The molecule has 18 N–H and O–H groups in total. The smallest absolute Gasteiger partial charge is 0.355 e. The fraction of sp³-hybridized carbons (Fsp3) is 0.200. The topological polar surface area (TPSA) is 274 Å². The lowest BCUT2D eigenvalue weighted by Crippen LogP contribution is -2.80. The standard InChI is InChI=1S/C30H39Cl3N16/c31-19-1-7-22(8-2-19)43-28(37)46-25(34)40-13-16-49(17-14-41-26(35)47-29(38)44-23-9-3-20(32)4-10-23)18-15-42-27(36)48-30(39)45-24-11-5-21(33)6-12-24/h1-12H,13-18H2,(H5,34,37,40,43,46)(H5,35,38,41,44,47)(H5,36,39,42,45,48)/p+3. The van der Waals surface area contributed by atoms with Gasteiger partial charge in [0.2, 0.25) is 0 Å². The number of anilines is 3. The van der Waals surface area contributed by atoms with Crippen LogP contribution in [-0.2, 0) is 0 Å². The largest absolute Gasteiger partial charge is 0.385 e. The summed E-state index contributed by atoms with van der Waals surface area (Å²) in [5.74, 6) is 0.769. The molecule has 0 atom stereocenters. The van der Waals surface area contributed by atoms with Gasteiger partial charge in [-0.2, -0.15) is 0 Å². The number of hydrogen-bond acceptors (Lipinski definition) is 1. The van der Waals surface area contributed by atoms with Gasteiger partial charge >= 0.3 is 17.9 Å². The average Bonchev–Trinajstić information content (AvgIpc) is 3.04. The minimum absolute atomic E-state index is 0.116. The molecule has 0 fully saturated rings. The van der Waals surface area contributed by atoms with Crippen LogP contribution in [0.4, 0.5) is 17.1 Å². The molecule has 0 heterocycles. The van der Waals surface area contributed by atoms with E-state index in [1.165, 1.54) is 0 Å². The van der Waals surface area contributed by atoms with E-state index in [2.05, 4.69) is 50.8 Å². The van der Waals surface area contributed by atoms with Gasteiger partial charge in [0.15, 0.2) is 0 Å². The summed E-state index contributed by atoms with van der Waals surface area (Å²) < 4.78 is 0. The minimum atomic E-state index is 0.116. The Balaban J connectivity index is 1.60. The Bertz CT molecular complexity index is 1470. The molecule has 0 aliphatic rings. The molecule has 0 unspecified atom stereocenters. The molecule has 3 rings (SSSR count). The molecule has 16 nitrogen and oxygen atoms in total. The van der Waals surface area contributed by atoms with Crippen molar-refractivity contribution in [2.24, 2.45) is 49.4 Å². The molecule has 0 amide bonds. The van der Waals surface area contributed by atoms with Crippen LogP contribution in [0.25, 0.3) is 0 Å². The van der Waals surface area contributed by atoms with Gasteiger partial charge < -0.3 is 33.2 Å². The van der Waals surface area contributed by atoms with Crippen LogP contribution in [0.5, 0.6) is 0 Å². The van der Waals surface area contributed by atoms with Crippen molar-refractivity contribution < 1.29 is 15.0 Å². The number of aliphatic imine (C=N–C) groups is 3. The summed E-state index contributed by atoms with van der Waals surface area (Å²) in [5, 5.41) is 10.7. The molecule has 49 heavy (non-hydrogen) atoms. The average molecular weight is 733 g/mol. The summed E-state index contributed by atoms with van der Waals surface area (Å²) in [5.41, 5.74) is 38.3. The van der Waals surface area contributed by atoms with E-state index >= 15 is 0 Å². The summed E-state index contributed by atoms with van der Waals surface area (Å²) in [6.07, 6.45) is 0. The number of hydrogen-bond donors (Lipinski definition) is 12. The Labute approximate surface area is 299 Å². The maximum Gasteiger partial charge on any atom is 0.385 e. The number of guanidine groups is 6. The Kier molecular flexibility index (Phi) is 15.7. The van der Waals surface area contributed by atoms with E-state index in [4.69, 9.17) is 69.2 Å². The summed E-state index contributed by atoms with van der Waals surface area (Å²) in [6, 6.07) is 21.0. The number of benzene rings is 3. The number of nitrogens with zero attached hydrogens (tertiary/aromatic N) is 4. The summed E-state index contributed by atoms with van der Waals surface area (Å²) in [7, 11) is 0. The van der Waals surface area contributed by atoms with Gasteiger partial charge in [-0.3, -0.25) is 37.1 Å². The number of nitrogens with one attached hydrogen (secondary N) is 6. The van der Waals surface area contributed by atoms with Crippen LogP contribution < -0.4 is 65.3 Å². The van der Waals surface area contributed by atoms with E-state index in [0.717, 1.165) is 17.1 Å². The van der Waals surface area contributed by atoms with Crippen LogP contribution in [0.3, 0.4) is 0 Å². The lowest BCUT2D eigenvalue weighted by atomic mass is 10.3. The third-order valence-corrected chi connectivity index (χ3v) is 7.03. The van der Waals surface area contributed by atoms with Crippen molar-refractivity contribution in [3.8, 4) is 0 Å². The van der Waals surface area contributed by atoms with E-state index < -0.39 is 0 Å². The Hall–Kier alpha value is -5.29. The van der Waals surface area contributed by atoms with Gasteiger partial charge in [0.1, 0.15) is 0 Å². The van der Waals surface area contributed by atoms with Gasteiger partial charge in [0, 0.05) is 51.8 Å². The summed E-state index contributed by atoms with van der Waals surface area (Å²) in [4.78, 5) is 23.8. The van der Waals surface area contributed by atoms with E-state index in [1.807, 2.05) is 0 Å². The Morgan fingerprint density at radius 3 is 0.959 bits per heavy atom. The van der Waals surface area contributed by atoms with Crippen molar-refractivity contribution in [2.75, 3.05) is 55.2 Å². The third kappa shape index (κ3) is 15.9. The molecule has 0 aromatic heterocycles. The highest BCUT2D eigenvalue weighted by atomic mass is 35.5. The Morgan fingerprint density at radius 2 is 0.714 bits per heavy atom. The summed E-state index contributed by atoms with van der Waals surface area (Å²) >= 11 is 17.8. The highest BCUT2D eigenvalue weighted by molar-refractivity contribution is 6.31. The quantitative estimate of drug-likeness (QED) is 0.0652. The van der Waals surface area contributed by atoms with Crippen LogP contribution in [0, 0.1) is 0 Å². The molecule has 3 aromatic carbocycles. The normalized spacial score (nSPS) is 13.5. The summed E-state index contributed by atoms with van der Waals surface area (Å²) in [6.45, 7) is 3.06. The van der Waals surface area contributed by atoms with Crippen molar-refractivity contribution in [1.29, 1.82) is 0 Å². The minimum Gasteiger partial charge on any atom is -0.355 e. The maximum atomic E-state index is 6.05. The SMILES string of the molecule is NC(/N=C(\N)Nc1ccc(Cl)cc1)=[NH+]CCN(CC[NH+]=C(N)/N=C(\N)Nc1ccc(Cl)cc1)CC[NH+]=C(N)/N=C(\N)Nc1ccc(Cl)cc1. The first-order chi connectivity index (χ1) is 23.4. The number of halogens is 3. The van der Waals surface area contributed by atoms with Crippen molar-refractivity contribution in [3.05, 3.63) is 87.9 Å². The molecule has 0 radical (unpaired) electrons. The molecule has 0 aliphatic heterocycles. The highest BCUT2D eigenvalue weighted by Gasteiger charge is 2.10. The second kappa shape index (κ2) is 20.2. The lowest BCUT2D eigenvalue weighted by Gasteiger charge is -2.18. The molecule has 0 saturated carbocycles. The van der Waals surface area contributed by atoms with Gasteiger partial charge in [-0.15, -0.1) is 0 Å². The number of nitrogens with two attached hydrogens (primary N) is 6. The lowest BCUT2D eigenvalue weighted by molar-refractivity contribution is -0.473. The monoisotopic (exact) mass is 731 g/mol. The van der Waals surface area contributed by atoms with Gasteiger partial charge in [-0.1, -0.05) is 34.8 Å². The van der Waals surface area contributed by atoms with Crippen LogP contribution in [0.2, 0.25) is 15.1 Å². The van der Waals surface area contributed by atoms with Crippen molar-refractivity contribution in [3.63, 3.8) is 0 Å². The first-order valence-corrected chi connectivity index (χ1v) is 16.0. The second-order valence-electron chi connectivity index (χ2n) is 10.2. The Morgan fingerprint density at radius 1 is 0.469 bits per heavy atom. The van der Waals surface area contributed by atoms with Gasteiger partial charge in [-0.05, 0) is 87.8 Å². The van der Waals surface area contributed by atoms with Crippen LogP contribution in [0.15, 0.2) is 87.8 Å². The second-order valence-corrected chi connectivity index (χ2v) is 11.5. The predicted molar refractivity (Wildman–Crippen MR) is 202 cm³/mol. The fourth-order valence-electron chi connectivity index (χ4n) is 4.00. The highest BCUT2D eigenvalue weighted by Crippen LogP contribution is 2.14. The first-order valence-electron chi connectivity index (χ1n) is 14.9. The zero-order chi connectivity index (χ0) is 35.6. The predicted octanol–water partition coefficient (Wildman–Crippen LogP) is -3.29.